The summed E-state index contributed by atoms with van der Waals surface area (Å²) in [5.41, 5.74) is 0. The van der Waals surface area contributed by atoms with Crippen molar-refractivity contribution in [1.82, 2.24) is 15.1 Å². The molecule has 0 amide bonds. The number of rotatable bonds is 3. The van der Waals surface area contributed by atoms with Crippen LogP contribution in [0.1, 0.15) is 46.0 Å². The first-order valence-corrected chi connectivity index (χ1v) is 9.43. The number of nitrogens with one attached hydrogen (secondary N) is 1. The minimum Gasteiger partial charge on any atom is -0.309 e. The van der Waals surface area contributed by atoms with Crippen LogP contribution in [0.3, 0.4) is 0 Å². The summed E-state index contributed by atoms with van der Waals surface area (Å²) in [5.74, 6) is 2.80. The molecule has 4 saturated heterocycles. The van der Waals surface area contributed by atoms with Crippen molar-refractivity contribution in [2.24, 2.45) is 17.8 Å². The molecule has 1 aliphatic carbocycles. The van der Waals surface area contributed by atoms with E-state index in [4.69, 9.17) is 0 Å². The molecule has 5 fully saturated rings. The van der Waals surface area contributed by atoms with Gasteiger partial charge in [0.2, 0.25) is 0 Å². The second-order valence-corrected chi connectivity index (χ2v) is 8.44. The Morgan fingerprint density at radius 3 is 2.05 bits per heavy atom. The lowest BCUT2D eigenvalue weighted by atomic mass is 9.72. The van der Waals surface area contributed by atoms with Crippen molar-refractivity contribution in [2.75, 3.05) is 32.7 Å². The average molecular weight is 291 g/mol. The molecule has 3 atom stereocenters. The zero-order chi connectivity index (χ0) is 14.4. The van der Waals surface area contributed by atoms with Crippen molar-refractivity contribution in [3.8, 4) is 0 Å². The molecule has 1 saturated carbocycles. The molecule has 3 nitrogen and oxygen atoms in total. The average Bonchev–Trinajstić information content (AvgIpc) is 2.48. The molecule has 0 spiro atoms. The van der Waals surface area contributed by atoms with Gasteiger partial charge in [0.15, 0.2) is 0 Å². The molecule has 5 rings (SSSR count). The highest BCUT2D eigenvalue weighted by molar-refractivity contribution is 5.00. The smallest absolute Gasteiger partial charge is 0.0227 e. The van der Waals surface area contributed by atoms with Gasteiger partial charge in [-0.3, -0.25) is 0 Å². The topological polar surface area (TPSA) is 18.5 Å². The van der Waals surface area contributed by atoms with Gasteiger partial charge in [0.1, 0.15) is 0 Å². The van der Waals surface area contributed by atoms with Crippen LogP contribution in [0.25, 0.3) is 0 Å². The van der Waals surface area contributed by atoms with Gasteiger partial charge in [-0.05, 0) is 70.4 Å². The van der Waals surface area contributed by atoms with Gasteiger partial charge in [-0.15, -0.1) is 0 Å². The Bertz CT molecular complexity index is 347. The van der Waals surface area contributed by atoms with E-state index in [0.29, 0.717) is 0 Å². The minimum atomic E-state index is 0.728. The minimum absolute atomic E-state index is 0.728. The number of fused-ring (bicyclic) bond motifs is 5. The van der Waals surface area contributed by atoms with E-state index < -0.39 is 0 Å². The standard InChI is InChI=1S/C18H33N3/c1-13(2)21-10-15-4-3-5-16(11-21)18(15)19-17-12-20-8-6-14(17)7-9-20/h13-19H,3-12H2,1-2H3. The number of nitrogens with zero attached hydrogens (tertiary/aromatic N) is 2. The van der Waals surface area contributed by atoms with Gasteiger partial charge in [-0.1, -0.05) is 6.42 Å². The predicted molar refractivity (Wildman–Crippen MR) is 87.4 cm³/mol. The molecule has 4 heterocycles. The first-order chi connectivity index (χ1) is 10.2. The summed E-state index contributed by atoms with van der Waals surface area (Å²) >= 11 is 0. The zero-order valence-electron chi connectivity index (χ0n) is 13.9. The quantitative estimate of drug-likeness (QED) is 0.860. The van der Waals surface area contributed by atoms with Crippen LogP contribution >= 0.6 is 0 Å². The lowest BCUT2D eigenvalue weighted by molar-refractivity contribution is 0.00117. The molecule has 3 heteroatoms. The summed E-state index contributed by atoms with van der Waals surface area (Å²) in [6, 6.07) is 2.34. The first kappa shape index (κ1) is 14.5. The summed E-state index contributed by atoms with van der Waals surface area (Å²) in [6.07, 6.45) is 7.27. The second-order valence-electron chi connectivity index (χ2n) is 8.44. The molecule has 0 aromatic heterocycles. The number of piperidine rings is 4. The van der Waals surface area contributed by atoms with Crippen molar-refractivity contribution < 1.29 is 0 Å². The summed E-state index contributed by atoms with van der Waals surface area (Å²) < 4.78 is 0. The molecule has 3 unspecified atom stereocenters. The fourth-order valence-electron chi connectivity index (χ4n) is 5.57. The molecular weight excluding hydrogens is 258 g/mol. The van der Waals surface area contributed by atoms with Crippen molar-refractivity contribution >= 4 is 0 Å². The highest BCUT2D eigenvalue weighted by atomic mass is 15.2. The van der Waals surface area contributed by atoms with Crippen molar-refractivity contribution in [3.63, 3.8) is 0 Å². The van der Waals surface area contributed by atoms with Gasteiger partial charge in [-0.2, -0.15) is 0 Å². The van der Waals surface area contributed by atoms with Crippen molar-refractivity contribution in [2.45, 2.75) is 64.1 Å². The molecule has 0 radical (unpaired) electrons. The molecule has 4 bridgehead atoms. The van der Waals surface area contributed by atoms with E-state index in [0.717, 1.165) is 35.9 Å². The van der Waals surface area contributed by atoms with Crippen LogP contribution in [-0.2, 0) is 0 Å². The van der Waals surface area contributed by atoms with Crippen molar-refractivity contribution in [3.05, 3.63) is 0 Å². The lowest BCUT2D eigenvalue weighted by Crippen LogP contribution is -2.64. The third-order valence-corrected chi connectivity index (χ3v) is 6.90. The van der Waals surface area contributed by atoms with E-state index in [1.807, 2.05) is 0 Å². The summed E-state index contributed by atoms with van der Waals surface area (Å²) in [7, 11) is 0. The van der Waals surface area contributed by atoms with Gasteiger partial charge in [-0.25, -0.2) is 0 Å². The van der Waals surface area contributed by atoms with Crippen LogP contribution < -0.4 is 5.32 Å². The maximum absolute atomic E-state index is 4.18. The molecule has 21 heavy (non-hydrogen) atoms. The Morgan fingerprint density at radius 1 is 0.857 bits per heavy atom. The van der Waals surface area contributed by atoms with E-state index in [2.05, 4.69) is 29.0 Å². The third kappa shape index (κ3) is 2.77. The largest absolute Gasteiger partial charge is 0.309 e. The highest BCUT2D eigenvalue weighted by Crippen LogP contribution is 2.37. The molecule has 1 N–H and O–H groups in total. The van der Waals surface area contributed by atoms with Gasteiger partial charge < -0.3 is 15.1 Å². The SMILES string of the molecule is CC(C)N1CC2CCCC(C1)C2NC1CN2CCC1CC2. The summed E-state index contributed by atoms with van der Waals surface area (Å²) in [4.78, 5) is 5.43. The van der Waals surface area contributed by atoms with E-state index in [9.17, 15) is 0 Å². The number of hydrogen-bond acceptors (Lipinski definition) is 3. The Morgan fingerprint density at radius 2 is 1.52 bits per heavy atom. The molecule has 120 valence electrons. The normalized spacial score (nSPS) is 47.0. The van der Waals surface area contributed by atoms with Gasteiger partial charge >= 0.3 is 0 Å². The Hall–Kier alpha value is -0.120. The third-order valence-electron chi connectivity index (χ3n) is 6.90. The van der Waals surface area contributed by atoms with E-state index in [1.165, 1.54) is 64.8 Å². The zero-order valence-corrected chi connectivity index (χ0v) is 13.9. The Balaban J connectivity index is 1.43. The molecule has 0 aromatic rings. The van der Waals surface area contributed by atoms with Gasteiger partial charge in [0, 0.05) is 37.8 Å². The molecule has 5 aliphatic rings. The molecule has 4 aliphatic heterocycles. The molecule has 0 aromatic carbocycles. The summed E-state index contributed by atoms with van der Waals surface area (Å²) in [6.45, 7) is 11.5. The van der Waals surface area contributed by atoms with Crippen LogP contribution in [0.5, 0.6) is 0 Å². The van der Waals surface area contributed by atoms with Crippen LogP contribution in [0.15, 0.2) is 0 Å². The van der Waals surface area contributed by atoms with E-state index >= 15 is 0 Å². The highest BCUT2D eigenvalue weighted by Gasteiger charge is 2.43. The Labute approximate surface area is 130 Å². The Kier molecular flexibility index (Phi) is 4.01. The monoisotopic (exact) mass is 291 g/mol. The van der Waals surface area contributed by atoms with Crippen LogP contribution in [0, 0.1) is 17.8 Å². The maximum atomic E-state index is 4.18. The second kappa shape index (κ2) is 5.82. The predicted octanol–water partition coefficient (Wildman–Crippen LogP) is 2.18. The van der Waals surface area contributed by atoms with Crippen molar-refractivity contribution in [1.29, 1.82) is 0 Å². The number of likely N-dealkylation sites (tertiary alicyclic amines) is 1. The van der Waals surface area contributed by atoms with Gasteiger partial charge in [0.05, 0.1) is 0 Å². The fourth-order valence-corrected chi connectivity index (χ4v) is 5.57. The van der Waals surface area contributed by atoms with Crippen LogP contribution in [0.2, 0.25) is 0 Å². The maximum Gasteiger partial charge on any atom is 0.0227 e. The van der Waals surface area contributed by atoms with Crippen LogP contribution in [-0.4, -0.2) is 60.6 Å². The van der Waals surface area contributed by atoms with E-state index in [1.54, 1.807) is 0 Å². The first-order valence-electron chi connectivity index (χ1n) is 9.43. The van der Waals surface area contributed by atoms with Gasteiger partial charge in [0.25, 0.3) is 0 Å². The fraction of sp³-hybridized carbons (Fsp3) is 1.00. The molecular formula is C18H33N3. The van der Waals surface area contributed by atoms with E-state index in [-0.39, 0.29) is 0 Å². The lowest BCUT2D eigenvalue weighted by Gasteiger charge is -2.53. The van der Waals surface area contributed by atoms with Crippen LogP contribution in [0.4, 0.5) is 0 Å². The number of hydrogen-bond donors (Lipinski definition) is 1. The summed E-state index contributed by atoms with van der Waals surface area (Å²) in [5, 5.41) is 4.18.